The zero-order valence-corrected chi connectivity index (χ0v) is 11.7. The van der Waals surface area contributed by atoms with E-state index < -0.39 is 0 Å². The number of aromatic hydroxyl groups is 1. The standard InChI is InChI=1S/C18H17NO2/c20-15-6-7-16-13(12-15)9-11-19-17(21)8-10-18(16,19)14-4-2-1-3-5-14/h1-7,12,20H,8-11H2. The van der Waals surface area contributed by atoms with E-state index >= 15 is 0 Å². The topological polar surface area (TPSA) is 40.5 Å². The van der Waals surface area contributed by atoms with Gasteiger partial charge in [-0.25, -0.2) is 0 Å². The predicted molar refractivity (Wildman–Crippen MR) is 80.0 cm³/mol. The van der Waals surface area contributed by atoms with Gasteiger partial charge < -0.3 is 10.0 Å². The van der Waals surface area contributed by atoms with Crippen molar-refractivity contribution in [3.63, 3.8) is 0 Å². The zero-order chi connectivity index (χ0) is 14.4. The molecule has 4 rings (SSSR count). The van der Waals surface area contributed by atoms with E-state index in [1.54, 1.807) is 6.07 Å². The molecule has 1 fully saturated rings. The van der Waals surface area contributed by atoms with Gasteiger partial charge in [0.2, 0.25) is 5.91 Å². The summed E-state index contributed by atoms with van der Waals surface area (Å²) in [5, 5.41) is 9.75. The molecule has 106 valence electrons. The van der Waals surface area contributed by atoms with Gasteiger partial charge in [-0.05, 0) is 41.7 Å². The third-order valence-electron chi connectivity index (χ3n) is 4.85. The number of nitrogens with zero attached hydrogens (tertiary/aromatic N) is 1. The Morgan fingerprint density at radius 1 is 1.05 bits per heavy atom. The van der Waals surface area contributed by atoms with Gasteiger partial charge in [-0.2, -0.15) is 0 Å². The lowest BCUT2D eigenvalue weighted by molar-refractivity contribution is -0.131. The van der Waals surface area contributed by atoms with Crippen molar-refractivity contribution in [2.24, 2.45) is 0 Å². The molecule has 0 saturated carbocycles. The van der Waals surface area contributed by atoms with E-state index in [1.165, 1.54) is 11.1 Å². The van der Waals surface area contributed by atoms with Crippen molar-refractivity contribution in [1.82, 2.24) is 4.90 Å². The van der Waals surface area contributed by atoms with Crippen LogP contribution in [0.2, 0.25) is 0 Å². The molecule has 2 aromatic rings. The van der Waals surface area contributed by atoms with Crippen LogP contribution in [-0.4, -0.2) is 22.5 Å². The van der Waals surface area contributed by atoms with Gasteiger partial charge in [-0.15, -0.1) is 0 Å². The Balaban J connectivity index is 1.99. The van der Waals surface area contributed by atoms with Crippen LogP contribution in [0.15, 0.2) is 48.5 Å². The number of carbonyl (C=O) groups is 1. The highest BCUT2D eigenvalue weighted by Crippen LogP contribution is 2.49. The summed E-state index contributed by atoms with van der Waals surface area (Å²) in [6, 6.07) is 15.8. The number of hydrogen-bond acceptors (Lipinski definition) is 2. The largest absolute Gasteiger partial charge is 0.508 e. The Hall–Kier alpha value is -2.29. The first-order chi connectivity index (χ1) is 10.2. The van der Waals surface area contributed by atoms with Crippen LogP contribution in [0, 0.1) is 0 Å². The molecule has 1 unspecified atom stereocenters. The second kappa shape index (κ2) is 4.35. The van der Waals surface area contributed by atoms with Crippen molar-refractivity contribution in [1.29, 1.82) is 0 Å². The van der Waals surface area contributed by atoms with Crippen LogP contribution in [-0.2, 0) is 16.8 Å². The summed E-state index contributed by atoms with van der Waals surface area (Å²) in [6.45, 7) is 0.726. The SMILES string of the molecule is O=C1CCC2(c3ccccc3)c3ccc(O)cc3CCN12. The molecule has 0 spiro atoms. The molecule has 0 radical (unpaired) electrons. The molecule has 1 N–H and O–H groups in total. The summed E-state index contributed by atoms with van der Waals surface area (Å²) in [6.07, 6.45) is 2.22. The maximum atomic E-state index is 12.3. The minimum atomic E-state index is -0.348. The number of phenolic OH excluding ortho intramolecular Hbond substituents is 1. The van der Waals surface area contributed by atoms with Gasteiger partial charge in [0.1, 0.15) is 5.75 Å². The van der Waals surface area contributed by atoms with Gasteiger partial charge in [-0.1, -0.05) is 36.4 Å². The molecule has 2 heterocycles. The number of carbonyl (C=O) groups excluding carboxylic acids is 1. The second-order valence-electron chi connectivity index (χ2n) is 5.86. The molecular weight excluding hydrogens is 262 g/mol. The lowest BCUT2D eigenvalue weighted by Gasteiger charge is -2.44. The summed E-state index contributed by atoms with van der Waals surface area (Å²) in [5.41, 5.74) is 3.15. The van der Waals surface area contributed by atoms with Gasteiger partial charge in [0.25, 0.3) is 0 Å². The molecule has 21 heavy (non-hydrogen) atoms. The lowest BCUT2D eigenvalue weighted by Crippen LogP contribution is -2.48. The Morgan fingerprint density at radius 2 is 1.86 bits per heavy atom. The summed E-state index contributed by atoms with van der Waals surface area (Å²) in [7, 11) is 0. The molecule has 3 heteroatoms. The van der Waals surface area contributed by atoms with Crippen molar-refractivity contribution in [3.8, 4) is 5.75 Å². The third-order valence-corrected chi connectivity index (χ3v) is 4.85. The van der Waals surface area contributed by atoms with Crippen LogP contribution in [0.5, 0.6) is 5.75 Å². The highest BCUT2D eigenvalue weighted by Gasteiger charge is 2.50. The quantitative estimate of drug-likeness (QED) is 0.872. The smallest absolute Gasteiger partial charge is 0.223 e. The monoisotopic (exact) mass is 279 g/mol. The Bertz CT molecular complexity index is 710. The van der Waals surface area contributed by atoms with Crippen molar-refractivity contribution in [3.05, 3.63) is 65.2 Å². The first-order valence-corrected chi connectivity index (χ1v) is 7.40. The molecule has 2 aromatic carbocycles. The van der Waals surface area contributed by atoms with E-state index in [0.717, 1.165) is 24.9 Å². The van der Waals surface area contributed by atoms with Crippen LogP contribution in [0.1, 0.15) is 29.5 Å². The maximum Gasteiger partial charge on any atom is 0.223 e. The fraction of sp³-hybridized carbons (Fsp3) is 0.278. The molecule has 3 nitrogen and oxygen atoms in total. The van der Waals surface area contributed by atoms with E-state index in [0.29, 0.717) is 12.2 Å². The van der Waals surface area contributed by atoms with E-state index in [1.807, 2.05) is 35.2 Å². The molecule has 2 aliphatic heterocycles. The molecule has 1 atom stereocenters. The molecule has 1 saturated heterocycles. The van der Waals surface area contributed by atoms with Gasteiger partial charge in [0, 0.05) is 13.0 Å². The van der Waals surface area contributed by atoms with Crippen LogP contribution >= 0.6 is 0 Å². The fourth-order valence-electron chi connectivity index (χ4n) is 3.96. The number of fused-ring (bicyclic) bond motifs is 3. The number of amides is 1. The van der Waals surface area contributed by atoms with Gasteiger partial charge >= 0.3 is 0 Å². The first kappa shape index (κ1) is 12.5. The van der Waals surface area contributed by atoms with E-state index in [-0.39, 0.29) is 11.4 Å². The summed E-state index contributed by atoms with van der Waals surface area (Å²) < 4.78 is 0. The minimum absolute atomic E-state index is 0.234. The van der Waals surface area contributed by atoms with E-state index in [9.17, 15) is 9.90 Å². The minimum Gasteiger partial charge on any atom is -0.508 e. The summed E-state index contributed by atoms with van der Waals surface area (Å²) in [5.74, 6) is 0.535. The summed E-state index contributed by atoms with van der Waals surface area (Å²) >= 11 is 0. The normalized spacial score (nSPS) is 23.8. The number of rotatable bonds is 1. The second-order valence-corrected chi connectivity index (χ2v) is 5.86. The Morgan fingerprint density at radius 3 is 2.67 bits per heavy atom. The average molecular weight is 279 g/mol. The van der Waals surface area contributed by atoms with Crippen LogP contribution < -0.4 is 0 Å². The number of phenols is 1. The molecule has 0 aliphatic carbocycles. The van der Waals surface area contributed by atoms with Crippen molar-refractivity contribution < 1.29 is 9.90 Å². The van der Waals surface area contributed by atoms with Gasteiger partial charge in [0.15, 0.2) is 0 Å². The average Bonchev–Trinajstić information content (AvgIpc) is 2.86. The van der Waals surface area contributed by atoms with Crippen molar-refractivity contribution in [2.75, 3.05) is 6.54 Å². The molecule has 0 aromatic heterocycles. The summed E-state index contributed by atoms with van der Waals surface area (Å²) in [4.78, 5) is 14.4. The van der Waals surface area contributed by atoms with Crippen LogP contribution in [0.25, 0.3) is 0 Å². The van der Waals surface area contributed by atoms with Crippen LogP contribution in [0.3, 0.4) is 0 Å². The van der Waals surface area contributed by atoms with Gasteiger partial charge in [-0.3, -0.25) is 4.79 Å². The molecular formula is C18H17NO2. The molecule has 1 amide bonds. The highest BCUT2D eigenvalue weighted by atomic mass is 16.3. The molecule has 2 aliphatic rings. The molecule has 0 bridgehead atoms. The third kappa shape index (κ3) is 1.63. The van der Waals surface area contributed by atoms with Crippen molar-refractivity contribution in [2.45, 2.75) is 24.8 Å². The number of benzene rings is 2. The highest BCUT2D eigenvalue weighted by molar-refractivity contribution is 5.82. The number of hydrogen-bond donors (Lipinski definition) is 1. The first-order valence-electron chi connectivity index (χ1n) is 7.40. The van der Waals surface area contributed by atoms with E-state index in [2.05, 4.69) is 12.1 Å². The predicted octanol–water partition coefficient (Wildman–Crippen LogP) is 2.81. The lowest BCUT2D eigenvalue weighted by atomic mass is 9.75. The zero-order valence-electron chi connectivity index (χ0n) is 11.7. The van der Waals surface area contributed by atoms with Crippen LogP contribution in [0.4, 0.5) is 0 Å². The van der Waals surface area contributed by atoms with E-state index in [4.69, 9.17) is 0 Å². The van der Waals surface area contributed by atoms with Crippen molar-refractivity contribution >= 4 is 5.91 Å². The maximum absolute atomic E-state index is 12.3. The fourth-order valence-corrected chi connectivity index (χ4v) is 3.96. The Labute approximate surface area is 123 Å². The Kier molecular flexibility index (Phi) is 2.58. The van der Waals surface area contributed by atoms with Gasteiger partial charge in [0.05, 0.1) is 5.54 Å².